The van der Waals surface area contributed by atoms with Crippen LogP contribution in [0.4, 0.5) is 5.69 Å². The minimum Gasteiger partial charge on any atom is -0.497 e. The van der Waals surface area contributed by atoms with Crippen molar-refractivity contribution in [1.29, 1.82) is 0 Å². The quantitative estimate of drug-likeness (QED) is 0.650. The zero-order chi connectivity index (χ0) is 8.39. The van der Waals surface area contributed by atoms with Gasteiger partial charge in [-0.15, -0.1) is 3.77 Å². The summed E-state index contributed by atoms with van der Waals surface area (Å²) in [7, 11) is 1.65. The van der Waals surface area contributed by atoms with Crippen LogP contribution >= 0.6 is 11.9 Å². The zero-order valence-electron chi connectivity index (χ0n) is 6.35. The Hall–Kier alpha value is -0.810. The smallest absolute Gasteiger partial charge is 0.120 e. The first-order chi connectivity index (χ1) is 5.90. The molecular formula is C7H6N2OS2. The third-order valence-corrected chi connectivity index (χ3v) is 2.84. The van der Waals surface area contributed by atoms with Crippen molar-refractivity contribution in [1.82, 2.24) is 0 Å². The monoisotopic (exact) mass is 198 g/mol. The van der Waals surface area contributed by atoms with Crippen molar-refractivity contribution in [3.8, 4) is 5.75 Å². The van der Waals surface area contributed by atoms with Crippen LogP contribution in [0.15, 0.2) is 31.2 Å². The van der Waals surface area contributed by atoms with E-state index in [-0.39, 0.29) is 0 Å². The van der Waals surface area contributed by atoms with E-state index in [4.69, 9.17) is 4.74 Å². The van der Waals surface area contributed by atoms with Crippen LogP contribution in [-0.2, 0) is 11.4 Å². The Labute approximate surface area is 78.2 Å². The molecule has 1 aromatic carbocycles. The maximum atomic E-state index is 5.08. The van der Waals surface area contributed by atoms with Crippen molar-refractivity contribution in [2.24, 2.45) is 8.13 Å². The highest BCUT2D eigenvalue weighted by Crippen LogP contribution is 2.35. The molecule has 1 heterocycles. The van der Waals surface area contributed by atoms with Crippen molar-refractivity contribution >= 4 is 29.0 Å². The van der Waals surface area contributed by atoms with Crippen molar-refractivity contribution in [2.45, 2.75) is 4.90 Å². The SMILES string of the molecule is COc1ccc2c(c1)SN=S=N2. The Bertz CT molecular complexity index is 372. The van der Waals surface area contributed by atoms with Gasteiger partial charge in [0.2, 0.25) is 0 Å². The standard InChI is InChI=1S/C7H6N2OS2/c1-10-5-2-3-6-7(4-5)11-9-12-8-6/h2-4H,1H3. The molecule has 0 fully saturated rings. The van der Waals surface area contributed by atoms with Gasteiger partial charge in [-0.05, 0) is 18.2 Å². The van der Waals surface area contributed by atoms with Crippen molar-refractivity contribution in [2.75, 3.05) is 7.11 Å². The van der Waals surface area contributed by atoms with E-state index < -0.39 is 0 Å². The Morgan fingerprint density at radius 2 is 2.33 bits per heavy atom. The van der Waals surface area contributed by atoms with Crippen LogP contribution in [0.5, 0.6) is 5.75 Å². The van der Waals surface area contributed by atoms with Gasteiger partial charge < -0.3 is 4.74 Å². The summed E-state index contributed by atoms with van der Waals surface area (Å²) in [5.74, 6) is 0.846. The van der Waals surface area contributed by atoms with Crippen molar-refractivity contribution in [3.05, 3.63) is 18.2 Å². The Morgan fingerprint density at radius 3 is 3.17 bits per heavy atom. The molecule has 3 nitrogen and oxygen atoms in total. The molecule has 1 aromatic rings. The largest absolute Gasteiger partial charge is 0.497 e. The number of benzene rings is 1. The number of hydrogen-bond donors (Lipinski definition) is 0. The first kappa shape index (κ1) is 7.82. The van der Waals surface area contributed by atoms with E-state index in [0.717, 1.165) is 16.3 Å². The van der Waals surface area contributed by atoms with Gasteiger partial charge in [-0.3, -0.25) is 0 Å². The lowest BCUT2D eigenvalue weighted by molar-refractivity contribution is 0.414. The van der Waals surface area contributed by atoms with E-state index in [1.54, 1.807) is 7.11 Å². The summed E-state index contributed by atoms with van der Waals surface area (Å²) in [6, 6.07) is 5.77. The van der Waals surface area contributed by atoms with Gasteiger partial charge >= 0.3 is 0 Å². The molecule has 0 unspecified atom stereocenters. The minimum atomic E-state index is 0.846. The predicted octanol–water partition coefficient (Wildman–Crippen LogP) is 2.80. The molecule has 12 heavy (non-hydrogen) atoms. The van der Waals surface area contributed by atoms with Gasteiger partial charge in [0.05, 0.1) is 29.0 Å². The zero-order valence-corrected chi connectivity index (χ0v) is 7.98. The van der Waals surface area contributed by atoms with Gasteiger partial charge in [0.15, 0.2) is 0 Å². The van der Waals surface area contributed by atoms with Crippen LogP contribution in [0.2, 0.25) is 0 Å². The summed E-state index contributed by atoms with van der Waals surface area (Å²) in [5, 5.41) is 0. The average molecular weight is 198 g/mol. The van der Waals surface area contributed by atoms with E-state index in [2.05, 4.69) is 8.13 Å². The molecule has 1 aliphatic heterocycles. The first-order valence-electron chi connectivity index (χ1n) is 3.33. The summed E-state index contributed by atoms with van der Waals surface area (Å²) in [6.45, 7) is 0. The van der Waals surface area contributed by atoms with E-state index in [1.807, 2.05) is 18.2 Å². The van der Waals surface area contributed by atoms with E-state index in [9.17, 15) is 0 Å². The highest BCUT2D eigenvalue weighted by atomic mass is 32.2. The maximum Gasteiger partial charge on any atom is 0.120 e. The third kappa shape index (κ3) is 1.37. The lowest BCUT2D eigenvalue weighted by Gasteiger charge is -2.04. The Kier molecular flexibility index (Phi) is 2.14. The molecule has 0 saturated heterocycles. The van der Waals surface area contributed by atoms with Gasteiger partial charge in [-0.1, -0.05) is 0 Å². The highest BCUT2D eigenvalue weighted by Gasteiger charge is 2.05. The third-order valence-electron chi connectivity index (χ3n) is 1.48. The van der Waals surface area contributed by atoms with Crippen molar-refractivity contribution < 1.29 is 4.74 Å². The molecule has 1 aliphatic rings. The van der Waals surface area contributed by atoms with Gasteiger partial charge in [0.1, 0.15) is 5.75 Å². The summed E-state index contributed by atoms with van der Waals surface area (Å²) in [4.78, 5) is 1.05. The van der Waals surface area contributed by atoms with Crippen LogP contribution in [0.1, 0.15) is 0 Å². The molecule has 0 aromatic heterocycles. The van der Waals surface area contributed by atoms with Gasteiger partial charge in [-0.25, -0.2) is 0 Å². The summed E-state index contributed by atoms with van der Waals surface area (Å²) < 4.78 is 13.2. The van der Waals surface area contributed by atoms with Crippen LogP contribution in [0.3, 0.4) is 0 Å². The molecular weight excluding hydrogens is 192 g/mol. The Balaban J connectivity index is 2.49. The maximum absolute atomic E-state index is 5.08. The predicted molar refractivity (Wildman–Crippen MR) is 50.7 cm³/mol. The normalized spacial score (nSPS) is 13.4. The molecule has 0 atom stereocenters. The second kappa shape index (κ2) is 3.28. The van der Waals surface area contributed by atoms with Crippen molar-refractivity contribution in [3.63, 3.8) is 0 Å². The fraction of sp³-hybridized carbons (Fsp3) is 0.143. The molecule has 0 bridgehead atoms. The van der Waals surface area contributed by atoms with E-state index in [1.165, 1.54) is 23.3 Å². The average Bonchev–Trinajstić information content (AvgIpc) is 2.17. The first-order valence-corrected chi connectivity index (χ1v) is 4.83. The van der Waals surface area contributed by atoms with Crippen LogP contribution in [-0.4, -0.2) is 7.11 Å². The highest BCUT2D eigenvalue weighted by molar-refractivity contribution is 8.01. The van der Waals surface area contributed by atoms with E-state index in [0.29, 0.717) is 0 Å². The van der Waals surface area contributed by atoms with Crippen LogP contribution < -0.4 is 4.74 Å². The van der Waals surface area contributed by atoms with Crippen LogP contribution in [0, 0.1) is 0 Å². The second-order valence-corrected chi connectivity index (χ2v) is 3.74. The lowest BCUT2D eigenvalue weighted by Crippen LogP contribution is -1.83. The molecule has 62 valence electrons. The topological polar surface area (TPSA) is 34.0 Å². The second-order valence-electron chi connectivity index (χ2n) is 2.17. The van der Waals surface area contributed by atoms with Gasteiger partial charge in [0, 0.05) is 11.9 Å². The fourth-order valence-corrected chi connectivity index (χ4v) is 2.16. The van der Waals surface area contributed by atoms with Crippen LogP contribution in [0.25, 0.3) is 0 Å². The molecule has 0 aliphatic carbocycles. The molecule has 0 spiro atoms. The number of nitrogens with zero attached hydrogens (tertiary/aromatic N) is 2. The number of hydrogen-bond acceptors (Lipinski definition) is 4. The van der Waals surface area contributed by atoms with Gasteiger partial charge in [-0.2, -0.15) is 4.36 Å². The number of fused-ring (bicyclic) bond motifs is 1. The lowest BCUT2D eigenvalue weighted by atomic mass is 10.3. The molecule has 0 N–H and O–H groups in total. The number of rotatable bonds is 1. The molecule has 5 heteroatoms. The number of ether oxygens (including phenoxy) is 1. The molecule has 2 rings (SSSR count). The van der Waals surface area contributed by atoms with Gasteiger partial charge in [0.25, 0.3) is 0 Å². The Morgan fingerprint density at radius 1 is 1.42 bits per heavy atom. The molecule has 0 radical (unpaired) electrons. The summed E-state index contributed by atoms with van der Waals surface area (Å²) >= 11 is 2.66. The minimum absolute atomic E-state index is 0.846. The molecule has 0 amide bonds. The fourth-order valence-electron chi connectivity index (χ4n) is 0.887. The molecule has 0 saturated carbocycles. The number of methoxy groups -OCH3 is 1. The summed E-state index contributed by atoms with van der Waals surface area (Å²) in [5.41, 5.74) is 0.973. The van der Waals surface area contributed by atoms with E-state index >= 15 is 0 Å². The summed E-state index contributed by atoms with van der Waals surface area (Å²) in [6.07, 6.45) is 0.